The Labute approximate surface area is 178 Å². The summed E-state index contributed by atoms with van der Waals surface area (Å²) in [4.78, 5) is 23.4. The zero-order chi connectivity index (χ0) is 20.6. The lowest BCUT2D eigenvalue weighted by atomic mass is 9.55. The van der Waals surface area contributed by atoms with E-state index in [9.17, 15) is 9.59 Å². The fourth-order valence-corrected chi connectivity index (χ4v) is 6.24. The lowest BCUT2D eigenvalue weighted by Crippen LogP contribution is -2.42. The number of benzene rings is 1. The van der Waals surface area contributed by atoms with Gasteiger partial charge in [0.2, 0.25) is 5.24 Å². The zero-order valence-corrected chi connectivity index (χ0v) is 18.1. The van der Waals surface area contributed by atoms with Crippen molar-refractivity contribution in [2.24, 2.45) is 17.3 Å². The molecule has 0 unspecified atom stereocenters. The van der Waals surface area contributed by atoms with Crippen LogP contribution in [0.25, 0.3) is 0 Å². The summed E-state index contributed by atoms with van der Waals surface area (Å²) in [6, 6.07) is 6.60. The molecule has 29 heavy (non-hydrogen) atoms. The highest BCUT2D eigenvalue weighted by molar-refractivity contribution is 6.67. The average molecular weight is 415 g/mol. The summed E-state index contributed by atoms with van der Waals surface area (Å²) < 4.78 is 5.96. The van der Waals surface area contributed by atoms with Gasteiger partial charge in [0.25, 0.3) is 0 Å². The van der Waals surface area contributed by atoms with Crippen LogP contribution in [0.2, 0.25) is 0 Å². The van der Waals surface area contributed by atoms with E-state index < -0.39 is 5.24 Å². The molecular formula is C25H31ClO3. The molecule has 0 aliphatic heterocycles. The molecule has 2 saturated carbocycles. The minimum Gasteiger partial charge on any atom is -0.494 e. The Hall–Kier alpha value is -1.61. The number of hydrogen-bond acceptors (Lipinski definition) is 3. The van der Waals surface area contributed by atoms with Crippen LogP contribution < -0.4 is 4.74 Å². The maximum atomic E-state index is 12.5. The number of carbonyl (C=O) groups is 2. The van der Waals surface area contributed by atoms with E-state index >= 15 is 0 Å². The molecule has 2 fully saturated rings. The zero-order valence-electron chi connectivity index (χ0n) is 17.3. The van der Waals surface area contributed by atoms with Crippen molar-refractivity contribution in [2.45, 2.75) is 70.6 Å². The quantitative estimate of drug-likeness (QED) is 0.313. The van der Waals surface area contributed by atoms with Gasteiger partial charge in [0.15, 0.2) is 0 Å². The number of aryl methyl sites for hydroxylation is 1. The Morgan fingerprint density at radius 2 is 2.07 bits per heavy atom. The van der Waals surface area contributed by atoms with Gasteiger partial charge in [-0.2, -0.15) is 0 Å². The number of unbranched alkanes of at least 4 members (excludes halogenated alkanes) is 1. The van der Waals surface area contributed by atoms with Crippen LogP contribution in [0, 0.1) is 17.3 Å². The predicted octanol–water partition coefficient (Wildman–Crippen LogP) is 5.98. The van der Waals surface area contributed by atoms with E-state index in [0.717, 1.165) is 50.7 Å². The number of hydrogen-bond donors (Lipinski definition) is 0. The molecule has 0 N–H and O–H groups in total. The third-order valence-electron chi connectivity index (χ3n) is 7.83. The smallest absolute Gasteiger partial charge is 0.247 e. The highest BCUT2D eigenvalue weighted by Crippen LogP contribution is 2.59. The van der Waals surface area contributed by atoms with Gasteiger partial charge in [-0.25, -0.2) is 0 Å². The van der Waals surface area contributed by atoms with Crippen LogP contribution in [0.4, 0.5) is 0 Å². The van der Waals surface area contributed by atoms with Crippen LogP contribution in [-0.4, -0.2) is 17.6 Å². The molecule has 0 saturated heterocycles. The van der Waals surface area contributed by atoms with Gasteiger partial charge >= 0.3 is 0 Å². The summed E-state index contributed by atoms with van der Waals surface area (Å²) in [6.07, 6.45) is 8.71. The first-order valence-electron chi connectivity index (χ1n) is 11.1. The number of fused-ring (bicyclic) bond motifs is 5. The fraction of sp³-hybridized carbons (Fsp3) is 0.600. The minimum atomic E-state index is -0.441. The van der Waals surface area contributed by atoms with Crippen molar-refractivity contribution in [1.82, 2.24) is 0 Å². The van der Waals surface area contributed by atoms with Crippen molar-refractivity contribution in [3.8, 4) is 5.75 Å². The van der Waals surface area contributed by atoms with E-state index in [1.165, 1.54) is 17.5 Å². The Morgan fingerprint density at radius 3 is 2.86 bits per heavy atom. The Kier molecular flexibility index (Phi) is 5.88. The van der Waals surface area contributed by atoms with Gasteiger partial charge in [-0.3, -0.25) is 9.59 Å². The SMILES string of the molecule is C=C(CCCCOc1ccc2c(c1)CC[C@@H]1[C@@H]2CC[C@]2(C)C(=O)CC[C@@H]12)C(=O)Cl. The lowest BCUT2D eigenvalue weighted by molar-refractivity contribution is -0.129. The topological polar surface area (TPSA) is 43.4 Å². The molecule has 3 nitrogen and oxygen atoms in total. The summed E-state index contributed by atoms with van der Waals surface area (Å²) in [7, 11) is 0. The van der Waals surface area contributed by atoms with Crippen molar-refractivity contribution in [1.29, 1.82) is 0 Å². The van der Waals surface area contributed by atoms with E-state index in [0.29, 0.717) is 42.1 Å². The normalized spacial score (nSPS) is 30.3. The highest BCUT2D eigenvalue weighted by Gasteiger charge is 2.54. The van der Waals surface area contributed by atoms with Gasteiger partial charge in [0.1, 0.15) is 11.5 Å². The number of Topliss-reactive ketones (excluding diaryl/α,β-unsaturated/α-hetero) is 1. The van der Waals surface area contributed by atoms with Crippen LogP contribution >= 0.6 is 11.6 Å². The second-order valence-corrected chi connectivity index (χ2v) is 9.72. The molecule has 4 heteroatoms. The predicted molar refractivity (Wildman–Crippen MR) is 115 cm³/mol. The van der Waals surface area contributed by atoms with Crippen LogP contribution in [-0.2, 0) is 16.0 Å². The third kappa shape index (κ3) is 3.91. The monoisotopic (exact) mass is 414 g/mol. The van der Waals surface area contributed by atoms with Crippen LogP contribution in [0.15, 0.2) is 30.4 Å². The lowest BCUT2D eigenvalue weighted by Gasteiger charge is -2.48. The van der Waals surface area contributed by atoms with Crippen molar-refractivity contribution in [3.63, 3.8) is 0 Å². The van der Waals surface area contributed by atoms with Gasteiger partial charge in [-0.05, 0) is 104 Å². The molecule has 3 aliphatic rings. The van der Waals surface area contributed by atoms with Crippen molar-refractivity contribution in [3.05, 3.63) is 41.5 Å². The Balaban J connectivity index is 1.36. The van der Waals surface area contributed by atoms with E-state index in [1.807, 2.05) is 0 Å². The summed E-state index contributed by atoms with van der Waals surface area (Å²) in [5, 5.41) is -0.441. The van der Waals surface area contributed by atoms with Gasteiger partial charge in [-0.15, -0.1) is 0 Å². The van der Waals surface area contributed by atoms with Crippen LogP contribution in [0.5, 0.6) is 5.75 Å². The van der Waals surface area contributed by atoms with Gasteiger partial charge in [0.05, 0.1) is 6.61 Å². The molecule has 156 valence electrons. The second-order valence-electron chi connectivity index (χ2n) is 9.38. The molecular weight excluding hydrogens is 384 g/mol. The summed E-state index contributed by atoms with van der Waals surface area (Å²) >= 11 is 5.41. The van der Waals surface area contributed by atoms with Crippen molar-refractivity contribution in [2.75, 3.05) is 6.61 Å². The Morgan fingerprint density at radius 1 is 1.24 bits per heavy atom. The molecule has 0 aromatic heterocycles. The molecule has 4 rings (SSSR count). The van der Waals surface area contributed by atoms with Crippen LogP contribution in [0.1, 0.15) is 75.3 Å². The number of ether oxygens (including phenoxy) is 1. The summed E-state index contributed by atoms with van der Waals surface area (Å²) in [6.45, 7) is 6.54. The van der Waals surface area contributed by atoms with Crippen LogP contribution in [0.3, 0.4) is 0 Å². The third-order valence-corrected chi connectivity index (χ3v) is 8.09. The number of rotatable bonds is 7. The molecule has 3 aliphatic carbocycles. The van der Waals surface area contributed by atoms with Gasteiger partial charge in [0, 0.05) is 17.4 Å². The first kappa shape index (κ1) is 20.7. The average Bonchev–Trinajstić information content (AvgIpc) is 3.02. The van der Waals surface area contributed by atoms with Crippen molar-refractivity contribution < 1.29 is 14.3 Å². The van der Waals surface area contributed by atoms with E-state index in [1.54, 1.807) is 0 Å². The maximum absolute atomic E-state index is 12.5. The van der Waals surface area contributed by atoms with Gasteiger partial charge in [-0.1, -0.05) is 19.6 Å². The highest BCUT2D eigenvalue weighted by atomic mass is 35.5. The van der Waals surface area contributed by atoms with Crippen molar-refractivity contribution >= 4 is 22.6 Å². The summed E-state index contributed by atoms with van der Waals surface area (Å²) in [5.41, 5.74) is 3.34. The second kappa shape index (κ2) is 8.26. The van der Waals surface area contributed by atoms with E-state index in [4.69, 9.17) is 16.3 Å². The Bertz CT molecular complexity index is 829. The first-order chi connectivity index (χ1) is 13.9. The standard InChI is InChI=1S/C25H31ClO3/c1-16(24(26)28)5-3-4-14-29-18-7-9-19-17(15-18)6-8-21-20(19)12-13-25(2)22(21)10-11-23(25)27/h7,9,15,20-22H,1,3-6,8,10-14H2,2H3/t20-,21-,22+,25+/m1/s1. The number of carbonyl (C=O) groups excluding carboxylic acids is 2. The van der Waals surface area contributed by atoms with E-state index in [-0.39, 0.29) is 5.41 Å². The molecule has 0 heterocycles. The molecule has 0 amide bonds. The van der Waals surface area contributed by atoms with E-state index in [2.05, 4.69) is 31.7 Å². The van der Waals surface area contributed by atoms with Gasteiger partial charge < -0.3 is 4.74 Å². The minimum absolute atomic E-state index is 0.0545. The maximum Gasteiger partial charge on any atom is 0.247 e. The molecule has 0 bridgehead atoms. The number of allylic oxidation sites excluding steroid dienone is 1. The number of halogens is 1. The number of ketones is 1. The first-order valence-corrected chi connectivity index (χ1v) is 11.4. The molecule has 0 spiro atoms. The summed E-state index contributed by atoms with van der Waals surface area (Å²) in [5.74, 6) is 3.29. The fourth-order valence-electron chi connectivity index (χ4n) is 6.15. The largest absolute Gasteiger partial charge is 0.494 e. The molecule has 4 atom stereocenters. The molecule has 0 radical (unpaired) electrons. The molecule has 1 aromatic rings. The molecule has 1 aromatic carbocycles.